The standard InChI is InChI=1S/C29H36N6O6S/c1-42-12-11-22(29(40)41)33-27(38)23(13-17-7-3-2-4-8-17)35-28(39)24(15-25(31)36)34-26(37)20(30)14-18-16-32-21-10-6-5-9-19(18)21/h2-10,16,20,22-24,32H,11-15,30H2,1H3,(H2,31,36)(H,33,38)(H,34,37)(H,35,39)(H,40,41). The first-order chi connectivity index (χ1) is 20.1. The molecule has 0 bridgehead atoms. The molecule has 42 heavy (non-hydrogen) atoms. The van der Waals surface area contributed by atoms with Gasteiger partial charge in [0.15, 0.2) is 0 Å². The van der Waals surface area contributed by atoms with Crippen LogP contribution in [0.2, 0.25) is 0 Å². The van der Waals surface area contributed by atoms with Crippen LogP contribution in [-0.4, -0.2) is 75.9 Å². The third kappa shape index (κ3) is 9.35. The quantitative estimate of drug-likeness (QED) is 0.123. The Morgan fingerprint density at radius 2 is 1.48 bits per heavy atom. The summed E-state index contributed by atoms with van der Waals surface area (Å²) in [5.41, 5.74) is 13.9. The molecule has 1 aromatic heterocycles. The van der Waals surface area contributed by atoms with E-state index >= 15 is 0 Å². The lowest BCUT2D eigenvalue weighted by molar-refractivity contribution is -0.142. The number of aromatic nitrogens is 1. The van der Waals surface area contributed by atoms with Gasteiger partial charge in [0.05, 0.1) is 12.5 Å². The van der Waals surface area contributed by atoms with Crippen LogP contribution in [0.3, 0.4) is 0 Å². The predicted octanol–water partition coefficient (Wildman–Crippen LogP) is 0.448. The number of H-pyrrole nitrogens is 1. The number of carbonyl (C=O) groups excluding carboxylic acids is 4. The van der Waals surface area contributed by atoms with Gasteiger partial charge in [0.1, 0.15) is 18.1 Å². The normalized spacial score (nSPS) is 13.9. The van der Waals surface area contributed by atoms with Crippen LogP contribution in [0.25, 0.3) is 10.9 Å². The second kappa shape index (κ2) is 15.6. The van der Waals surface area contributed by atoms with Crippen LogP contribution in [-0.2, 0) is 36.8 Å². The fourth-order valence-electron chi connectivity index (χ4n) is 4.42. The lowest BCUT2D eigenvalue weighted by Gasteiger charge is -2.25. The lowest BCUT2D eigenvalue weighted by Crippen LogP contribution is -2.58. The van der Waals surface area contributed by atoms with Crippen LogP contribution in [0.5, 0.6) is 0 Å². The van der Waals surface area contributed by atoms with Crippen LogP contribution >= 0.6 is 11.8 Å². The molecule has 0 saturated carbocycles. The van der Waals surface area contributed by atoms with Crippen molar-refractivity contribution < 1.29 is 29.1 Å². The molecule has 9 N–H and O–H groups in total. The van der Waals surface area contributed by atoms with Gasteiger partial charge < -0.3 is 37.5 Å². The van der Waals surface area contributed by atoms with E-state index in [1.54, 1.807) is 36.5 Å². The number of hydrogen-bond donors (Lipinski definition) is 7. The largest absolute Gasteiger partial charge is 0.480 e. The number of thioether (sulfide) groups is 1. The van der Waals surface area contributed by atoms with Crippen molar-refractivity contribution in [3.8, 4) is 0 Å². The molecule has 0 fully saturated rings. The molecule has 224 valence electrons. The van der Waals surface area contributed by atoms with E-state index in [0.717, 1.165) is 16.5 Å². The van der Waals surface area contributed by atoms with Crippen LogP contribution in [0.1, 0.15) is 24.0 Å². The van der Waals surface area contributed by atoms with E-state index < -0.39 is 60.2 Å². The van der Waals surface area contributed by atoms with Crippen molar-refractivity contribution in [2.24, 2.45) is 11.5 Å². The van der Waals surface area contributed by atoms with Crippen LogP contribution in [0.15, 0.2) is 60.8 Å². The molecule has 12 nitrogen and oxygen atoms in total. The molecule has 4 unspecified atom stereocenters. The van der Waals surface area contributed by atoms with E-state index in [9.17, 15) is 29.1 Å². The highest BCUT2D eigenvalue weighted by molar-refractivity contribution is 7.98. The number of aromatic amines is 1. The van der Waals surface area contributed by atoms with Crippen molar-refractivity contribution in [1.29, 1.82) is 0 Å². The Hall–Kier alpha value is -4.36. The minimum Gasteiger partial charge on any atom is -0.480 e. The number of hydrogen-bond acceptors (Lipinski definition) is 7. The Bertz CT molecular complexity index is 1400. The van der Waals surface area contributed by atoms with Gasteiger partial charge in [-0.2, -0.15) is 11.8 Å². The summed E-state index contributed by atoms with van der Waals surface area (Å²) < 4.78 is 0. The van der Waals surface area contributed by atoms with Crippen LogP contribution < -0.4 is 27.4 Å². The summed E-state index contributed by atoms with van der Waals surface area (Å²) >= 11 is 1.43. The monoisotopic (exact) mass is 596 g/mol. The van der Waals surface area contributed by atoms with Crippen molar-refractivity contribution in [2.75, 3.05) is 12.0 Å². The number of amides is 4. The van der Waals surface area contributed by atoms with Crippen LogP contribution in [0.4, 0.5) is 0 Å². The summed E-state index contributed by atoms with van der Waals surface area (Å²) in [5.74, 6) is -3.81. The SMILES string of the molecule is CSCCC(NC(=O)C(Cc1ccccc1)NC(=O)C(CC(N)=O)NC(=O)C(N)Cc1c[nH]c2ccccc12)C(=O)O. The molecule has 1 heterocycles. The van der Waals surface area contributed by atoms with Crippen molar-refractivity contribution in [1.82, 2.24) is 20.9 Å². The number of nitrogens with two attached hydrogens (primary N) is 2. The smallest absolute Gasteiger partial charge is 0.326 e. The fraction of sp³-hybridized carbons (Fsp3) is 0.345. The molecule has 0 spiro atoms. The zero-order valence-electron chi connectivity index (χ0n) is 23.2. The number of fused-ring (bicyclic) bond motifs is 1. The molecular formula is C29H36N6O6S. The first kappa shape index (κ1) is 32.2. The molecule has 3 rings (SSSR count). The number of primary amides is 1. The first-order valence-electron chi connectivity index (χ1n) is 13.3. The maximum absolute atomic E-state index is 13.3. The molecule has 0 aliphatic carbocycles. The molecular weight excluding hydrogens is 560 g/mol. The second-order valence-electron chi connectivity index (χ2n) is 9.83. The highest BCUT2D eigenvalue weighted by Gasteiger charge is 2.31. The number of rotatable bonds is 16. The number of carboxylic acids is 1. The average molecular weight is 597 g/mol. The number of aliphatic carboxylic acids is 1. The number of para-hydroxylation sites is 1. The van der Waals surface area contributed by atoms with Crippen molar-refractivity contribution >= 4 is 52.3 Å². The molecule has 0 aliphatic heterocycles. The number of carboxylic acid groups (broad SMARTS) is 1. The Morgan fingerprint density at radius 3 is 2.14 bits per heavy atom. The van der Waals surface area contributed by atoms with Gasteiger partial charge in [-0.15, -0.1) is 0 Å². The van der Waals surface area contributed by atoms with Crippen molar-refractivity contribution in [2.45, 2.75) is 49.9 Å². The Labute approximate surface area is 247 Å². The minimum atomic E-state index is -1.41. The fourth-order valence-corrected chi connectivity index (χ4v) is 4.89. The molecule has 3 aromatic rings. The first-order valence-corrected chi connectivity index (χ1v) is 14.7. The maximum Gasteiger partial charge on any atom is 0.326 e. The van der Waals surface area contributed by atoms with E-state index in [-0.39, 0.29) is 19.3 Å². The van der Waals surface area contributed by atoms with Gasteiger partial charge in [-0.25, -0.2) is 4.79 Å². The molecule has 13 heteroatoms. The van der Waals surface area contributed by atoms with Gasteiger partial charge in [-0.1, -0.05) is 48.5 Å². The summed E-state index contributed by atoms with van der Waals surface area (Å²) in [4.78, 5) is 66.2. The summed E-state index contributed by atoms with van der Waals surface area (Å²) in [6.07, 6.45) is 3.41. The lowest BCUT2D eigenvalue weighted by atomic mass is 10.0. The predicted molar refractivity (Wildman–Crippen MR) is 160 cm³/mol. The minimum absolute atomic E-state index is 0.0323. The number of benzene rings is 2. The number of nitrogens with one attached hydrogen (secondary N) is 4. The molecule has 2 aromatic carbocycles. The van der Waals surface area contributed by atoms with Gasteiger partial charge in [0.2, 0.25) is 23.6 Å². The van der Waals surface area contributed by atoms with Gasteiger partial charge in [0.25, 0.3) is 0 Å². The molecule has 0 saturated heterocycles. The highest BCUT2D eigenvalue weighted by atomic mass is 32.2. The maximum atomic E-state index is 13.3. The van der Waals surface area contributed by atoms with E-state index in [1.807, 2.05) is 30.5 Å². The second-order valence-corrected chi connectivity index (χ2v) is 10.8. The summed E-state index contributed by atoms with van der Waals surface area (Å²) in [5, 5.41) is 18.0. The van der Waals surface area contributed by atoms with Gasteiger partial charge in [-0.3, -0.25) is 19.2 Å². The zero-order valence-corrected chi connectivity index (χ0v) is 24.0. The Morgan fingerprint density at radius 1 is 0.857 bits per heavy atom. The van der Waals surface area contributed by atoms with Gasteiger partial charge in [0, 0.05) is 23.5 Å². The third-order valence-corrected chi connectivity index (χ3v) is 7.27. The summed E-state index contributed by atoms with van der Waals surface area (Å²) in [7, 11) is 0. The molecule has 4 atom stereocenters. The van der Waals surface area contributed by atoms with Crippen molar-refractivity contribution in [3.05, 3.63) is 71.9 Å². The van der Waals surface area contributed by atoms with E-state index in [0.29, 0.717) is 11.3 Å². The Kier molecular flexibility index (Phi) is 11.9. The molecule has 0 radical (unpaired) electrons. The van der Waals surface area contributed by atoms with E-state index in [2.05, 4.69) is 20.9 Å². The molecule has 4 amide bonds. The van der Waals surface area contributed by atoms with E-state index in [4.69, 9.17) is 11.5 Å². The Balaban J connectivity index is 1.75. The molecule has 0 aliphatic rings. The van der Waals surface area contributed by atoms with Crippen molar-refractivity contribution in [3.63, 3.8) is 0 Å². The van der Waals surface area contributed by atoms with Gasteiger partial charge >= 0.3 is 5.97 Å². The summed E-state index contributed by atoms with van der Waals surface area (Å²) in [6, 6.07) is 11.5. The van der Waals surface area contributed by atoms with Gasteiger partial charge in [-0.05, 0) is 42.0 Å². The van der Waals surface area contributed by atoms with E-state index in [1.165, 1.54) is 11.8 Å². The average Bonchev–Trinajstić information content (AvgIpc) is 3.37. The topological polar surface area (TPSA) is 209 Å². The zero-order chi connectivity index (χ0) is 30.6. The summed E-state index contributed by atoms with van der Waals surface area (Å²) in [6.45, 7) is 0. The number of carbonyl (C=O) groups is 5. The third-order valence-electron chi connectivity index (χ3n) is 6.63. The highest BCUT2D eigenvalue weighted by Crippen LogP contribution is 2.19. The van der Waals surface area contributed by atoms with Crippen LogP contribution in [0, 0.1) is 0 Å².